The first-order valence-corrected chi connectivity index (χ1v) is 12.2. The zero-order chi connectivity index (χ0) is 22.7. The van der Waals surface area contributed by atoms with Crippen molar-refractivity contribution < 1.29 is 22.4 Å². The fraction of sp³-hybridized carbons (Fsp3) is 0.391. The van der Waals surface area contributed by atoms with Crippen molar-refractivity contribution in [2.45, 2.75) is 43.5 Å². The van der Waals surface area contributed by atoms with Gasteiger partial charge in [0.2, 0.25) is 21.8 Å². The molecule has 0 aromatic heterocycles. The van der Waals surface area contributed by atoms with Gasteiger partial charge in [0.15, 0.2) is 0 Å². The minimum Gasteiger partial charge on any atom is -0.352 e. The number of rotatable bonds is 5. The Balaban J connectivity index is 1.36. The van der Waals surface area contributed by atoms with E-state index in [4.69, 9.17) is 0 Å². The van der Waals surface area contributed by atoms with Gasteiger partial charge in [-0.25, -0.2) is 12.8 Å². The molecular weight excluding hydrogens is 433 g/mol. The van der Waals surface area contributed by atoms with Gasteiger partial charge in [-0.1, -0.05) is 12.1 Å². The van der Waals surface area contributed by atoms with E-state index < -0.39 is 10.0 Å². The number of sulfonamides is 1. The number of benzene rings is 2. The van der Waals surface area contributed by atoms with Crippen molar-refractivity contribution in [3.8, 4) is 0 Å². The van der Waals surface area contributed by atoms with Crippen LogP contribution in [-0.2, 0) is 32.6 Å². The summed E-state index contributed by atoms with van der Waals surface area (Å²) in [5.74, 6) is -0.761. The molecule has 0 radical (unpaired) electrons. The van der Waals surface area contributed by atoms with Crippen LogP contribution in [0.3, 0.4) is 0 Å². The second-order valence-corrected chi connectivity index (χ2v) is 10.2. The van der Waals surface area contributed by atoms with E-state index in [1.54, 1.807) is 24.3 Å². The molecule has 4 rings (SSSR count). The molecule has 1 fully saturated rings. The van der Waals surface area contributed by atoms with Crippen LogP contribution in [0.25, 0.3) is 0 Å². The minimum absolute atomic E-state index is 0.0564. The number of aryl methyl sites for hydroxylation is 1. The van der Waals surface area contributed by atoms with Crippen molar-refractivity contribution in [2.24, 2.45) is 5.92 Å². The normalized spacial score (nSPS) is 17.8. The molecule has 32 heavy (non-hydrogen) atoms. The van der Waals surface area contributed by atoms with Gasteiger partial charge < -0.3 is 10.6 Å². The standard InChI is InChI=1S/C23H26FN3O4S/c24-19-6-4-16(5-7-19)15-25-23(29)17-10-12-27(13-11-17)32(30,31)20-8-9-21-18(14-20)2-1-3-22(28)26-21/h4-9,14,17H,1-3,10-13,15H2,(H,25,29)(H,26,28). The predicted molar refractivity (Wildman–Crippen MR) is 118 cm³/mol. The van der Waals surface area contributed by atoms with Crippen molar-refractivity contribution in [3.05, 3.63) is 59.4 Å². The van der Waals surface area contributed by atoms with E-state index in [0.717, 1.165) is 11.1 Å². The second kappa shape index (κ2) is 9.38. The van der Waals surface area contributed by atoms with Crippen LogP contribution in [0, 0.1) is 11.7 Å². The molecule has 0 saturated carbocycles. The lowest BCUT2D eigenvalue weighted by molar-refractivity contribution is -0.126. The van der Waals surface area contributed by atoms with Crippen molar-refractivity contribution in [3.63, 3.8) is 0 Å². The Bertz CT molecular complexity index is 1110. The van der Waals surface area contributed by atoms with Gasteiger partial charge in [-0.05, 0) is 67.1 Å². The zero-order valence-electron chi connectivity index (χ0n) is 17.6. The average Bonchev–Trinajstić information content (AvgIpc) is 2.98. The smallest absolute Gasteiger partial charge is 0.243 e. The maximum atomic E-state index is 13.1. The van der Waals surface area contributed by atoms with E-state index in [9.17, 15) is 22.4 Å². The number of anilines is 1. The highest BCUT2D eigenvalue weighted by Crippen LogP contribution is 2.29. The first-order chi connectivity index (χ1) is 15.3. The Kier molecular flexibility index (Phi) is 6.57. The van der Waals surface area contributed by atoms with Gasteiger partial charge in [0, 0.05) is 37.7 Å². The zero-order valence-corrected chi connectivity index (χ0v) is 18.5. The summed E-state index contributed by atoms with van der Waals surface area (Å²) in [4.78, 5) is 24.4. The lowest BCUT2D eigenvalue weighted by Gasteiger charge is -2.30. The van der Waals surface area contributed by atoms with Crippen LogP contribution in [0.5, 0.6) is 0 Å². The summed E-state index contributed by atoms with van der Waals surface area (Å²) in [6.45, 7) is 0.846. The van der Waals surface area contributed by atoms with Crippen LogP contribution in [0.4, 0.5) is 10.1 Å². The molecule has 2 aromatic carbocycles. The molecule has 0 unspecified atom stereocenters. The first-order valence-electron chi connectivity index (χ1n) is 10.8. The number of halogens is 1. The van der Waals surface area contributed by atoms with E-state index in [2.05, 4.69) is 10.6 Å². The fourth-order valence-electron chi connectivity index (χ4n) is 4.15. The topological polar surface area (TPSA) is 95.6 Å². The molecule has 0 bridgehead atoms. The molecule has 2 aliphatic rings. The molecule has 9 heteroatoms. The lowest BCUT2D eigenvalue weighted by Crippen LogP contribution is -2.42. The number of fused-ring (bicyclic) bond motifs is 1. The highest BCUT2D eigenvalue weighted by molar-refractivity contribution is 7.89. The third kappa shape index (κ3) is 4.99. The third-order valence-electron chi connectivity index (χ3n) is 6.04. The number of nitrogens with zero attached hydrogens (tertiary/aromatic N) is 1. The van der Waals surface area contributed by atoms with Crippen molar-refractivity contribution in [2.75, 3.05) is 18.4 Å². The summed E-state index contributed by atoms with van der Waals surface area (Å²) < 4.78 is 40.7. The van der Waals surface area contributed by atoms with Gasteiger partial charge >= 0.3 is 0 Å². The number of carbonyl (C=O) groups excluding carboxylic acids is 2. The number of hydrogen-bond donors (Lipinski definition) is 2. The Morgan fingerprint density at radius 2 is 1.81 bits per heavy atom. The lowest BCUT2D eigenvalue weighted by atomic mass is 9.97. The Morgan fingerprint density at radius 1 is 1.09 bits per heavy atom. The molecule has 2 heterocycles. The summed E-state index contributed by atoms with van der Waals surface area (Å²) in [7, 11) is -3.68. The monoisotopic (exact) mass is 459 g/mol. The van der Waals surface area contributed by atoms with Crippen LogP contribution >= 0.6 is 0 Å². The van der Waals surface area contributed by atoms with Crippen LogP contribution in [0.2, 0.25) is 0 Å². The van der Waals surface area contributed by atoms with E-state index in [0.29, 0.717) is 44.3 Å². The second-order valence-electron chi connectivity index (χ2n) is 8.24. The van der Waals surface area contributed by atoms with E-state index in [1.165, 1.54) is 22.5 Å². The maximum absolute atomic E-state index is 13.1. The maximum Gasteiger partial charge on any atom is 0.243 e. The summed E-state index contributed by atoms with van der Waals surface area (Å²) in [6, 6.07) is 10.8. The Hall–Kier alpha value is -2.78. The van der Waals surface area contributed by atoms with E-state index in [-0.39, 0.29) is 41.5 Å². The van der Waals surface area contributed by atoms with Crippen molar-refractivity contribution in [1.82, 2.24) is 9.62 Å². The average molecular weight is 460 g/mol. The van der Waals surface area contributed by atoms with Crippen LogP contribution in [0.1, 0.15) is 36.8 Å². The summed E-state index contributed by atoms with van der Waals surface area (Å²) in [6.07, 6.45) is 2.63. The van der Waals surface area contributed by atoms with E-state index >= 15 is 0 Å². The van der Waals surface area contributed by atoms with Gasteiger partial charge in [-0.15, -0.1) is 0 Å². The van der Waals surface area contributed by atoms with Gasteiger partial charge in [-0.2, -0.15) is 4.31 Å². The minimum atomic E-state index is -3.68. The highest BCUT2D eigenvalue weighted by atomic mass is 32.2. The third-order valence-corrected chi connectivity index (χ3v) is 7.94. The van der Waals surface area contributed by atoms with Crippen molar-refractivity contribution >= 4 is 27.5 Å². The number of carbonyl (C=O) groups is 2. The molecule has 0 aliphatic carbocycles. The highest BCUT2D eigenvalue weighted by Gasteiger charge is 2.32. The predicted octanol–water partition coefficient (Wildman–Crippen LogP) is 2.82. The quantitative estimate of drug-likeness (QED) is 0.719. The van der Waals surface area contributed by atoms with Crippen molar-refractivity contribution in [1.29, 1.82) is 0 Å². The molecule has 7 nitrogen and oxygen atoms in total. The number of nitrogens with one attached hydrogen (secondary N) is 2. The molecule has 2 N–H and O–H groups in total. The molecule has 2 aromatic rings. The Morgan fingerprint density at radius 3 is 2.53 bits per heavy atom. The molecule has 0 atom stereocenters. The SMILES string of the molecule is O=C1CCCc2cc(S(=O)(=O)N3CCC(C(=O)NCc4ccc(F)cc4)CC3)ccc2N1. The Labute approximate surface area is 187 Å². The van der Waals surface area contributed by atoms with Gasteiger partial charge in [0.1, 0.15) is 5.82 Å². The van der Waals surface area contributed by atoms with E-state index in [1.807, 2.05) is 0 Å². The molecule has 0 spiro atoms. The molecular formula is C23H26FN3O4S. The summed E-state index contributed by atoms with van der Waals surface area (Å²) in [5.41, 5.74) is 2.30. The fourth-order valence-corrected chi connectivity index (χ4v) is 5.68. The number of piperidine rings is 1. The number of amides is 2. The van der Waals surface area contributed by atoms with Crippen LogP contribution in [-0.4, -0.2) is 37.6 Å². The molecule has 2 aliphatic heterocycles. The van der Waals surface area contributed by atoms with Crippen LogP contribution < -0.4 is 10.6 Å². The number of hydrogen-bond acceptors (Lipinski definition) is 4. The van der Waals surface area contributed by atoms with Gasteiger partial charge in [-0.3, -0.25) is 9.59 Å². The molecule has 2 amide bonds. The van der Waals surface area contributed by atoms with Crippen LogP contribution in [0.15, 0.2) is 47.4 Å². The largest absolute Gasteiger partial charge is 0.352 e. The van der Waals surface area contributed by atoms with Gasteiger partial charge in [0.25, 0.3) is 0 Å². The summed E-state index contributed by atoms with van der Waals surface area (Å²) >= 11 is 0. The first kappa shape index (κ1) is 22.4. The van der Waals surface area contributed by atoms with Gasteiger partial charge in [0.05, 0.1) is 4.90 Å². The molecule has 170 valence electrons. The molecule has 1 saturated heterocycles. The summed E-state index contributed by atoms with van der Waals surface area (Å²) in [5, 5.41) is 5.67.